The van der Waals surface area contributed by atoms with E-state index in [2.05, 4.69) is 21.2 Å². The molecule has 1 aliphatic rings. The first-order valence-corrected chi connectivity index (χ1v) is 8.27. The van der Waals surface area contributed by atoms with Crippen molar-refractivity contribution in [2.45, 2.75) is 26.8 Å². The van der Waals surface area contributed by atoms with Gasteiger partial charge in [-0.2, -0.15) is 0 Å². The van der Waals surface area contributed by atoms with Crippen LogP contribution in [0.25, 0.3) is 0 Å². The summed E-state index contributed by atoms with van der Waals surface area (Å²) in [5.74, 6) is -0.136. The molecule has 1 aliphatic heterocycles. The van der Waals surface area contributed by atoms with Crippen LogP contribution < -0.4 is 5.32 Å². The van der Waals surface area contributed by atoms with Crippen molar-refractivity contribution < 1.29 is 14.3 Å². The van der Waals surface area contributed by atoms with Crippen LogP contribution in [-0.4, -0.2) is 30.6 Å². The van der Waals surface area contributed by atoms with Crippen molar-refractivity contribution in [1.82, 2.24) is 10.2 Å². The van der Waals surface area contributed by atoms with E-state index in [9.17, 15) is 9.59 Å². The highest BCUT2D eigenvalue weighted by molar-refractivity contribution is 9.10. The number of hydrogen-bond donors (Lipinski definition) is 1. The zero-order valence-electron chi connectivity index (χ0n) is 13.7. The molecular formula is C17H21BrN2O3. The van der Waals surface area contributed by atoms with Crippen molar-refractivity contribution in [1.29, 1.82) is 0 Å². The predicted molar refractivity (Wildman–Crippen MR) is 91.7 cm³/mol. The summed E-state index contributed by atoms with van der Waals surface area (Å²) in [6.45, 7) is 6.39. The molecule has 0 spiro atoms. The fraction of sp³-hybridized carbons (Fsp3) is 0.412. The van der Waals surface area contributed by atoms with Crippen molar-refractivity contribution in [3.8, 4) is 0 Å². The van der Waals surface area contributed by atoms with Crippen molar-refractivity contribution in [2.24, 2.45) is 5.92 Å². The van der Waals surface area contributed by atoms with E-state index in [1.807, 2.05) is 38.1 Å². The van der Waals surface area contributed by atoms with Crippen molar-refractivity contribution in [2.75, 3.05) is 13.7 Å². The van der Waals surface area contributed by atoms with E-state index in [1.54, 1.807) is 11.8 Å². The number of methoxy groups -OCH3 is 1. The van der Waals surface area contributed by atoms with E-state index in [1.165, 1.54) is 7.11 Å². The SMILES string of the molecule is COC(=O)C1=C(C)N(CC(C)C)C(=O)N[C@@H]1c1ccc(Br)cc1. The molecule has 2 rings (SSSR count). The molecule has 6 heteroatoms. The number of carbonyl (C=O) groups excluding carboxylic acids is 2. The Morgan fingerprint density at radius 2 is 1.96 bits per heavy atom. The van der Waals surface area contributed by atoms with Gasteiger partial charge in [-0.25, -0.2) is 9.59 Å². The zero-order valence-corrected chi connectivity index (χ0v) is 15.3. The molecule has 1 heterocycles. The molecule has 1 aromatic rings. The van der Waals surface area contributed by atoms with Gasteiger partial charge in [-0.1, -0.05) is 41.9 Å². The number of hydrogen-bond acceptors (Lipinski definition) is 3. The molecule has 124 valence electrons. The van der Waals surface area contributed by atoms with Gasteiger partial charge in [-0.3, -0.25) is 4.90 Å². The number of benzene rings is 1. The highest BCUT2D eigenvalue weighted by Gasteiger charge is 2.36. The Labute approximate surface area is 144 Å². The van der Waals surface area contributed by atoms with Gasteiger partial charge < -0.3 is 10.1 Å². The molecule has 23 heavy (non-hydrogen) atoms. The normalized spacial score (nSPS) is 18.3. The second kappa shape index (κ2) is 7.17. The van der Waals surface area contributed by atoms with Gasteiger partial charge in [-0.05, 0) is 30.5 Å². The summed E-state index contributed by atoms with van der Waals surface area (Å²) < 4.78 is 5.88. The molecule has 1 N–H and O–H groups in total. The van der Waals surface area contributed by atoms with E-state index >= 15 is 0 Å². The molecule has 0 aliphatic carbocycles. The van der Waals surface area contributed by atoms with E-state index in [0.717, 1.165) is 10.0 Å². The molecule has 2 amide bonds. The van der Waals surface area contributed by atoms with Gasteiger partial charge in [0.25, 0.3) is 0 Å². The third kappa shape index (κ3) is 3.75. The number of allylic oxidation sites excluding steroid dienone is 1. The van der Waals surface area contributed by atoms with E-state index in [4.69, 9.17) is 4.74 Å². The van der Waals surface area contributed by atoms with Crippen LogP contribution in [0.5, 0.6) is 0 Å². The number of carbonyl (C=O) groups is 2. The number of nitrogens with one attached hydrogen (secondary N) is 1. The minimum Gasteiger partial charge on any atom is -0.466 e. The zero-order chi connectivity index (χ0) is 17.1. The molecule has 1 atom stereocenters. The maximum atomic E-state index is 12.5. The molecule has 0 radical (unpaired) electrons. The van der Waals surface area contributed by atoms with Gasteiger partial charge in [0.15, 0.2) is 0 Å². The van der Waals surface area contributed by atoms with E-state index in [-0.39, 0.29) is 6.03 Å². The minimum absolute atomic E-state index is 0.197. The van der Waals surface area contributed by atoms with E-state index in [0.29, 0.717) is 23.7 Å². The first kappa shape index (κ1) is 17.5. The van der Waals surface area contributed by atoms with Crippen molar-refractivity contribution in [3.63, 3.8) is 0 Å². The number of amides is 2. The Morgan fingerprint density at radius 3 is 2.48 bits per heavy atom. The largest absolute Gasteiger partial charge is 0.466 e. The Bertz CT molecular complexity index is 638. The quantitative estimate of drug-likeness (QED) is 0.811. The van der Waals surface area contributed by atoms with Crippen LogP contribution in [0.3, 0.4) is 0 Å². The molecule has 5 nitrogen and oxygen atoms in total. The van der Waals surface area contributed by atoms with E-state index < -0.39 is 12.0 Å². The van der Waals surface area contributed by atoms with Crippen molar-refractivity contribution >= 4 is 27.9 Å². The molecule has 0 saturated carbocycles. The second-order valence-corrected chi connectivity index (χ2v) is 6.84. The van der Waals surface area contributed by atoms with Crippen molar-refractivity contribution in [3.05, 3.63) is 45.6 Å². The number of urea groups is 1. The van der Waals surface area contributed by atoms with Gasteiger partial charge in [0.2, 0.25) is 0 Å². The first-order chi connectivity index (χ1) is 10.8. The summed E-state index contributed by atoms with van der Waals surface area (Å²) in [5.41, 5.74) is 1.95. The molecule has 0 aromatic heterocycles. The van der Waals surface area contributed by atoms with Gasteiger partial charge in [-0.15, -0.1) is 0 Å². The minimum atomic E-state index is -0.508. The molecule has 1 aromatic carbocycles. The maximum absolute atomic E-state index is 12.5. The molecule has 0 fully saturated rings. The molecular weight excluding hydrogens is 360 g/mol. The standard InChI is InChI=1S/C17H21BrN2O3/c1-10(2)9-20-11(3)14(16(21)23-4)15(19-17(20)22)12-5-7-13(18)8-6-12/h5-8,10,15H,9H2,1-4H3,(H,19,22)/t15-/m1/s1. The lowest BCUT2D eigenvalue weighted by Gasteiger charge is -2.36. The summed E-state index contributed by atoms with van der Waals surface area (Å²) in [7, 11) is 1.35. The fourth-order valence-electron chi connectivity index (χ4n) is 2.65. The van der Waals surface area contributed by atoms with Crippen LogP contribution in [-0.2, 0) is 9.53 Å². The second-order valence-electron chi connectivity index (χ2n) is 5.93. The predicted octanol–water partition coefficient (Wildman–Crippen LogP) is 3.62. The topological polar surface area (TPSA) is 58.6 Å². The summed E-state index contributed by atoms with van der Waals surface area (Å²) in [6, 6.07) is 6.81. The molecule has 0 bridgehead atoms. The summed E-state index contributed by atoms with van der Waals surface area (Å²) in [6.07, 6.45) is 0. The van der Waals surface area contributed by atoms with Crippen LogP contribution in [0.4, 0.5) is 4.79 Å². The summed E-state index contributed by atoms with van der Waals surface area (Å²) >= 11 is 3.39. The van der Waals surface area contributed by atoms with Crippen LogP contribution >= 0.6 is 15.9 Å². The Balaban J connectivity index is 2.50. The lowest BCUT2D eigenvalue weighted by atomic mass is 9.94. The number of ether oxygens (including phenoxy) is 1. The Morgan fingerprint density at radius 1 is 1.35 bits per heavy atom. The number of nitrogens with zero attached hydrogens (tertiary/aromatic N) is 1. The highest BCUT2D eigenvalue weighted by Crippen LogP contribution is 2.32. The highest BCUT2D eigenvalue weighted by atomic mass is 79.9. The van der Waals surface area contributed by atoms with Crippen LogP contribution in [0.1, 0.15) is 32.4 Å². The van der Waals surface area contributed by atoms with Gasteiger partial charge in [0, 0.05) is 16.7 Å². The third-order valence-electron chi connectivity index (χ3n) is 3.75. The fourth-order valence-corrected chi connectivity index (χ4v) is 2.91. The Hall–Kier alpha value is -1.82. The number of esters is 1. The lowest BCUT2D eigenvalue weighted by Crippen LogP contribution is -2.49. The Kier molecular flexibility index (Phi) is 5.46. The monoisotopic (exact) mass is 380 g/mol. The summed E-state index contributed by atoms with van der Waals surface area (Å²) in [4.78, 5) is 26.4. The smallest absolute Gasteiger partial charge is 0.337 e. The molecule has 0 saturated heterocycles. The van der Waals surface area contributed by atoms with Crippen LogP contribution in [0.15, 0.2) is 40.0 Å². The lowest BCUT2D eigenvalue weighted by molar-refractivity contribution is -0.136. The summed E-state index contributed by atoms with van der Waals surface area (Å²) in [5, 5.41) is 2.92. The van der Waals surface area contributed by atoms with Gasteiger partial charge in [0.1, 0.15) is 0 Å². The van der Waals surface area contributed by atoms with Crippen LogP contribution in [0.2, 0.25) is 0 Å². The van der Waals surface area contributed by atoms with Crippen LogP contribution in [0, 0.1) is 5.92 Å². The van der Waals surface area contributed by atoms with Gasteiger partial charge >= 0.3 is 12.0 Å². The average molecular weight is 381 g/mol. The van der Waals surface area contributed by atoms with Gasteiger partial charge in [0.05, 0.1) is 18.7 Å². The average Bonchev–Trinajstić information content (AvgIpc) is 2.51. The maximum Gasteiger partial charge on any atom is 0.337 e. The third-order valence-corrected chi connectivity index (χ3v) is 4.28. The number of halogens is 1. The first-order valence-electron chi connectivity index (χ1n) is 7.47. The number of rotatable bonds is 4. The molecule has 0 unspecified atom stereocenters.